The smallest absolute Gasteiger partial charge is 0.251 e. The van der Waals surface area contributed by atoms with E-state index < -0.39 is 11.9 Å². The van der Waals surface area contributed by atoms with Crippen molar-refractivity contribution in [2.75, 3.05) is 56.4 Å². The van der Waals surface area contributed by atoms with Crippen molar-refractivity contribution in [2.24, 2.45) is 5.92 Å². The standard InChI is InChI=1S/C45H52N10O4/c46-42-40-41(31-10-14-37(15-11-31)59-36-6-2-1-3-7-36)51-55(43(40)48-29-47-42)35-5-4-22-54(28-35)34-20-23-52(24-21-34)27-30-18-25-53(26-19-30)33-12-8-32(9-13-33)44(57)49-38-16-17-39(56)50-45(38)58/h1-3,6-15,29-30,34-35,38H,4-5,16-28H2,(H,49,57)(H2,46,47,48)(H,50,56,58). The first-order valence-electron chi connectivity index (χ1n) is 21.1. The number of rotatable bonds is 10. The van der Waals surface area contributed by atoms with Gasteiger partial charge in [0.25, 0.3) is 5.91 Å². The number of hydrogen-bond acceptors (Lipinski definition) is 11. The zero-order chi connectivity index (χ0) is 40.3. The van der Waals surface area contributed by atoms with Crippen molar-refractivity contribution in [2.45, 2.75) is 69.5 Å². The molecular weight excluding hydrogens is 745 g/mol. The van der Waals surface area contributed by atoms with Crippen molar-refractivity contribution in [3.8, 4) is 22.8 Å². The minimum absolute atomic E-state index is 0.199. The fraction of sp³-hybridized carbons (Fsp3) is 0.422. The molecule has 59 heavy (non-hydrogen) atoms. The van der Waals surface area contributed by atoms with E-state index in [4.69, 9.17) is 20.6 Å². The molecule has 0 saturated carbocycles. The number of nitrogens with zero attached hydrogens (tertiary/aromatic N) is 7. The number of nitrogens with two attached hydrogens (primary N) is 1. The number of ether oxygens (including phenoxy) is 1. The monoisotopic (exact) mass is 796 g/mol. The zero-order valence-electron chi connectivity index (χ0n) is 33.3. The van der Waals surface area contributed by atoms with Crippen LogP contribution >= 0.6 is 0 Å². The number of para-hydroxylation sites is 1. The van der Waals surface area contributed by atoms with Crippen LogP contribution in [0.15, 0.2) is 85.2 Å². The van der Waals surface area contributed by atoms with Crippen molar-refractivity contribution in [3.63, 3.8) is 0 Å². The summed E-state index contributed by atoms with van der Waals surface area (Å²) in [5.74, 6) is 1.62. The third-order valence-electron chi connectivity index (χ3n) is 12.6. The molecule has 0 radical (unpaired) electrons. The molecule has 4 aliphatic rings. The van der Waals surface area contributed by atoms with Gasteiger partial charge >= 0.3 is 0 Å². The van der Waals surface area contributed by atoms with Crippen LogP contribution in [0.5, 0.6) is 11.5 Å². The van der Waals surface area contributed by atoms with E-state index in [0.29, 0.717) is 29.8 Å². The van der Waals surface area contributed by atoms with Gasteiger partial charge in [0.2, 0.25) is 11.8 Å². The van der Waals surface area contributed by atoms with Crippen LogP contribution in [0.3, 0.4) is 0 Å². The molecule has 14 heteroatoms. The lowest BCUT2D eigenvalue weighted by atomic mass is 9.93. The highest BCUT2D eigenvalue weighted by molar-refractivity contribution is 6.04. The predicted octanol–water partition coefficient (Wildman–Crippen LogP) is 5.42. The summed E-state index contributed by atoms with van der Waals surface area (Å²) >= 11 is 0. The van der Waals surface area contributed by atoms with E-state index in [-0.39, 0.29) is 24.3 Å². The predicted molar refractivity (Wildman–Crippen MR) is 226 cm³/mol. The second-order valence-electron chi connectivity index (χ2n) is 16.5. The molecule has 0 aliphatic carbocycles. The molecule has 306 valence electrons. The van der Waals surface area contributed by atoms with Gasteiger partial charge in [-0.3, -0.25) is 24.6 Å². The quantitative estimate of drug-likeness (QED) is 0.155. The van der Waals surface area contributed by atoms with Gasteiger partial charge < -0.3 is 25.6 Å². The lowest BCUT2D eigenvalue weighted by molar-refractivity contribution is -0.134. The largest absolute Gasteiger partial charge is 0.457 e. The number of anilines is 2. The molecule has 3 amide bonds. The van der Waals surface area contributed by atoms with Gasteiger partial charge in [-0.2, -0.15) is 5.10 Å². The van der Waals surface area contributed by atoms with E-state index >= 15 is 0 Å². The highest BCUT2D eigenvalue weighted by atomic mass is 16.5. The Kier molecular flexibility index (Phi) is 11.2. The summed E-state index contributed by atoms with van der Waals surface area (Å²) < 4.78 is 8.15. The van der Waals surface area contributed by atoms with Gasteiger partial charge in [-0.1, -0.05) is 18.2 Å². The molecule has 4 saturated heterocycles. The molecular formula is C45H52N10O4. The summed E-state index contributed by atoms with van der Waals surface area (Å²) in [6, 6.07) is 25.4. The summed E-state index contributed by atoms with van der Waals surface area (Å²) in [5, 5.41) is 11.0. The van der Waals surface area contributed by atoms with Crippen LogP contribution in [0.2, 0.25) is 0 Å². The Morgan fingerprint density at radius 3 is 2.31 bits per heavy atom. The van der Waals surface area contributed by atoms with Crippen LogP contribution in [-0.2, 0) is 9.59 Å². The second-order valence-corrected chi connectivity index (χ2v) is 16.5. The maximum absolute atomic E-state index is 12.8. The molecule has 14 nitrogen and oxygen atoms in total. The number of likely N-dealkylation sites (tertiary alicyclic amines) is 2. The van der Waals surface area contributed by atoms with Crippen molar-refractivity contribution in [3.05, 3.63) is 90.8 Å². The van der Waals surface area contributed by atoms with Gasteiger partial charge in [-0.15, -0.1) is 0 Å². The molecule has 9 rings (SSSR count). The van der Waals surface area contributed by atoms with Crippen molar-refractivity contribution < 1.29 is 19.1 Å². The van der Waals surface area contributed by atoms with E-state index in [1.165, 1.54) is 12.8 Å². The van der Waals surface area contributed by atoms with Gasteiger partial charge in [0.15, 0.2) is 5.65 Å². The zero-order valence-corrected chi connectivity index (χ0v) is 33.3. The topological polar surface area (TPSA) is 164 Å². The maximum Gasteiger partial charge on any atom is 0.251 e. The molecule has 4 N–H and O–H groups in total. The number of carbonyl (C=O) groups excluding carboxylic acids is 3. The first-order chi connectivity index (χ1) is 28.8. The second kappa shape index (κ2) is 17.2. The number of imide groups is 1. The molecule has 4 aliphatic heterocycles. The van der Waals surface area contributed by atoms with Gasteiger partial charge in [-0.05, 0) is 131 Å². The number of carbonyl (C=O) groups is 3. The van der Waals surface area contributed by atoms with Crippen molar-refractivity contribution >= 4 is 40.3 Å². The Hall–Kier alpha value is -5.86. The highest BCUT2D eigenvalue weighted by Crippen LogP contribution is 2.36. The fourth-order valence-corrected chi connectivity index (χ4v) is 9.37. The lowest BCUT2D eigenvalue weighted by Gasteiger charge is -2.43. The van der Waals surface area contributed by atoms with Crippen molar-refractivity contribution in [1.82, 2.24) is 40.2 Å². The van der Waals surface area contributed by atoms with E-state index in [1.807, 2.05) is 78.9 Å². The average Bonchev–Trinajstić information content (AvgIpc) is 3.67. The van der Waals surface area contributed by atoms with Gasteiger partial charge in [-0.25, -0.2) is 14.6 Å². The molecule has 2 aromatic heterocycles. The summed E-state index contributed by atoms with van der Waals surface area (Å²) in [6.45, 7) is 7.42. The number of nitrogens with one attached hydrogen (secondary N) is 2. The van der Waals surface area contributed by atoms with E-state index in [1.54, 1.807) is 6.33 Å². The first-order valence-corrected chi connectivity index (χ1v) is 21.1. The minimum Gasteiger partial charge on any atom is -0.457 e. The van der Waals surface area contributed by atoms with Gasteiger partial charge in [0, 0.05) is 55.5 Å². The number of aromatic nitrogens is 4. The Morgan fingerprint density at radius 1 is 0.814 bits per heavy atom. The molecule has 0 spiro atoms. The Labute approximate surface area is 344 Å². The number of fused-ring (bicyclic) bond motifs is 1. The van der Waals surface area contributed by atoms with Crippen molar-refractivity contribution in [1.29, 1.82) is 0 Å². The molecule has 0 bridgehead atoms. The third kappa shape index (κ3) is 8.64. The maximum atomic E-state index is 12.8. The fourth-order valence-electron chi connectivity index (χ4n) is 9.37. The lowest BCUT2D eigenvalue weighted by Crippen LogP contribution is -2.52. The van der Waals surface area contributed by atoms with Crippen LogP contribution in [0, 0.1) is 5.92 Å². The molecule has 4 fully saturated rings. The molecule has 5 aromatic rings. The van der Waals surface area contributed by atoms with Crippen LogP contribution in [-0.4, -0.2) is 105 Å². The molecule has 2 atom stereocenters. The Morgan fingerprint density at radius 2 is 1.56 bits per heavy atom. The van der Waals surface area contributed by atoms with Crippen LogP contribution in [0.4, 0.5) is 11.5 Å². The number of hydrogen-bond donors (Lipinski definition) is 3. The minimum atomic E-state index is -0.681. The van der Waals surface area contributed by atoms with E-state index in [0.717, 1.165) is 111 Å². The van der Waals surface area contributed by atoms with E-state index in [2.05, 4.69) is 35.0 Å². The summed E-state index contributed by atoms with van der Waals surface area (Å²) in [4.78, 5) is 53.1. The average molecular weight is 797 g/mol. The first kappa shape index (κ1) is 38.6. The number of benzene rings is 3. The van der Waals surface area contributed by atoms with E-state index in [9.17, 15) is 14.4 Å². The van der Waals surface area contributed by atoms with Crippen LogP contribution < -0.4 is 26.0 Å². The normalized spacial score (nSPS) is 21.4. The molecule has 3 aromatic carbocycles. The highest BCUT2D eigenvalue weighted by Gasteiger charge is 2.33. The Bertz CT molecular complexity index is 2270. The summed E-state index contributed by atoms with van der Waals surface area (Å²) in [7, 11) is 0. The number of amides is 3. The van der Waals surface area contributed by atoms with Gasteiger partial charge in [0.1, 0.15) is 35.4 Å². The summed E-state index contributed by atoms with van der Waals surface area (Å²) in [5.41, 5.74) is 10.7. The number of piperidine rings is 4. The van der Waals surface area contributed by atoms with Crippen LogP contribution in [0.25, 0.3) is 22.3 Å². The SMILES string of the molecule is Nc1ncnc2c1c(-c1ccc(Oc3ccccc3)cc1)nn2C1CCCN(C2CCN(CC3CCN(c4ccc(C(=O)NC5CCC(=O)NC5=O)cc4)CC3)CC2)C1. The van der Waals surface area contributed by atoms with Gasteiger partial charge in [0.05, 0.1) is 11.4 Å². The Balaban J connectivity index is 0.760. The third-order valence-corrected chi connectivity index (χ3v) is 12.6. The summed E-state index contributed by atoms with van der Waals surface area (Å²) in [6.07, 6.45) is 8.89. The van der Waals surface area contributed by atoms with Crippen LogP contribution in [0.1, 0.15) is 67.8 Å². The number of nitrogen functional groups attached to an aromatic ring is 1. The molecule has 6 heterocycles. The molecule has 2 unspecified atom stereocenters.